The zero-order chi connectivity index (χ0) is 12.7. The number of rotatable bonds is 7. The predicted molar refractivity (Wildman–Crippen MR) is 65.3 cm³/mol. The normalized spacial score (nSPS) is 10.2. The van der Waals surface area contributed by atoms with E-state index in [-0.39, 0.29) is 12.3 Å². The van der Waals surface area contributed by atoms with Crippen LogP contribution in [-0.2, 0) is 11.2 Å². The molecule has 0 aromatic heterocycles. The van der Waals surface area contributed by atoms with Gasteiger partial charge in [-0.3, -0.25) is 9.59 Å². The van der Waals surface area contributed by atoms with Crippen LogP contribution >= 0.6 is 0 Å². The molecule has 0 atom stereocenters. The maximum atomic E-state index is 11.7. The van der Waals surface area contributed by atoms with Crippen LogP contribution in [0.2, 0.25) is 0 Å². The molecule has 0 amide bonds. The number of aliphatic carboxylic acids is 1. The van der Waals surface area contributed by atoms with E-state index in [2.05, 4.69) is 12.2 Å². The standard InChI is InChI=1S/C13H17NO3/c1-2-10-3-5-11(6-4-10)12(15)7-8-14-9-13(16)17/h3-6,14H,2,7-9H2,1H3,(H,16,17). The van der Waals surface area contributed by atoms with Crippen LogP contribution < -0.4 is 5.32 Å². The second kappa shape index (κ2) is 6.81. The number of benzene rings is 1. The van der Waals surface area contributed by atoms with E-state index in [4.69, 9.17) is 5.11 Å². The van der Waals surface area contributed by atoms with Gasteiger partial charge in [-0.2, -0.15) is 0 Å². The SMILES string of the molecule is CCc1ccc(C(=O)CCNCC(=O)O)cc1. The Kier molecular flexibility index (Phi) is 5.36. The molecule has 0 fully saturated rings. The molecule has 0 aliphatic carbocycles. The van der Waals surface area contributed by atoms with Crippen LogP contribution in [0, 0.1) is 0 Å². The molecule has 2 N–H and O–H groups in total. The molecule has 17 heavy (non-hydrogen) atoms. The Balaban J connectivity index is 2.38. The summed E-state index contributed by atoms with van der Waals surface area (Å²) in [7, 11) is 0. The highest BCUT2D eigenvalue weighted by Crippen LogP contribution is 2.07. The van der Waals surface area contributed by atoms with Gasteiger partial charge in [-0.25, -0.2) is 0 Å². The summed E-state index contributed by atoms with van der Waals surface area (Å²) in [5.74, 6) is -0.879. The molecule has 1 rings (SSSR count). The lowest BCUT2D eigenvalue weighted by atomic mass is 10.1. The minimum absolute atomic E-state index is 0.0329. The Morgan fingerprint density at radius 1 is 1.24 bits per heavy atom. The van der Waals surface area contributed by atoms with Crippen LogP contribution in [0.3, 0.4) is 0 Å². The topological polar surface area (TPSA) is 66.4 Å². The number of Topliss-reactive ketones (excluding diaryl/α,β-unsaturated/α-hetero) is 1. The van der Waals surface area contributed by atoms with Crippen molar-refractivity contribution in [2.75, 3.05) is 13.1 Å². The first-order valence-corrected chi connectivity index (χ1v) is 5.68. The summed E-state index contributed by atoms with van der Waals surface area (Å²) in [6, 6.07) is 7.52. The fourth-order valence-corrected chi connectivity index (χ4v) is 1.47. The van der Waals surface area contributed by atoms with E-state index in [1.165, 1.54) is 5.56 Å². The number of carboxylic acids is 1. The van der Waals surface area contributed by atoms with Gasteiger partial charge in [0.15, 0.2) is 5.78 Å². The van der Waals surface area contributed by atoms with Gasteiger partial charge in [-0.1, -0.05) is 31.2 Å². The molecule has 0 aliphatic rings. The second-order valence-corrected chi connectivity index (χ2v) is 3.79. The summed E-state index contributed by atoms with van der Waals surface area (Å²) in [4.78, 5) is 21.9. The van der Waals surface area contributed by atoms with Crippen LogP contribution in [0.1, 0.15) is 29.3 Å². The molecular weight excluding hydrogens is 218 g/mol. The third-order valence-corrected chi connectivity index (χ3v) is 2.49. The number of nitrogens with one attached hydrogen (secondary N) is 1. The lowest BCUT2D eigenvalue weighted by Gasteiger charge is -2.03. The number of hydrogen-bond donors (Lipinski definition) is 2. The maximum absolute atomic E-state index is 11.7. The Morgan fingerprint density at radius 3 is 2.41 bits per heavy atom. The van der Waals surface area contributed by atoms with Gasteiger partial charge in [0.1, 0.15) is 0 Å². The van der Waals surface area contributed by atoms with Crippen LogP contribution in [0.15, 0.2) is 24.3 Å². The number of carboxylic acid groups (broad SMARTS) is 1. The summed E-state index contributed by atoms with van der Waals surface area (Å²) in [5.41, 5.74) is 1.88. The van der Waals surface area contributed by atoms with Crippen molar-refractivity contribution in [3.05, 3.63) is 35.4 Å². The van der Waals surface area contributed by atoms with Crippen molar-refractivity contribution in [3.8, 4) is 0 Å². The highest BCUT2D eigenvalue weighted by Gasteiger charge is 2.05. The van der Waals surface area contributed by atoms with E-state index in [0.29, 0.717) is 18.5 Å². The van der Waals surface area contributed by atoms with Crippen molar-refractivity contribution >= 4 is 11.8 Å². The van der Waals surface area contributed by atoms with E-state index in [1.807, 2.05) is 24.3 Å². The smallest absolute Gasteiger partial charge is 0.317 e. The minimum Gasteiger partial charge on any atom is -0.480 e. The molecule has 0 spiro atoms. The molecular formula is C13H17NO3. The van der Waals surface area contributed by atoms with Gasteiger partial charge in [0.25, 0.3) is 0 Å². The van der Waals surface area contributed by atoms with Crippen LogP contribution in [0.25, 0.3) is 0 Å². The molecule has 0 unspecified atom stereocenters. The summed E-state index contributed by atoms with van der Waals surface area (Å²) in [6.45, 7) is 2.34. The van der Waals surface area contributed by atoms with E-state index >= 15 is 0 Å². The van der Waals surface area contributed by atoms with Crippen molar-refractivity contribution in [1.82, 2.24) is 5.32 Å². The zero-order valence-corrected chi connectivity index (χ0v) is 9.90. The molecule has 4 heteroatoms. The van der Waals surface area contributed by atoms with Crippen molar-refractivity contribution in [3.63, 3.8) is 0 Å². The molecule has 92 valence electrons. The largest absolute Gasteiger partial charge is 0.480 e. The van der Waals surface area contributed by atoms with E-state index in [0.717, 1.165) is 6.42 Å². The minimum atomic E-state index is -0.912. The monoisotopic (exact) mass is 235 g/mol. The van der Waals surface area contributed by atoms with Crippen molar-refractivity contribution in [1.29, 1.82) is 0 Å². The summed E-state index contributed by atoms with van der Waals surface area (Å²) >= 11 is 0. The first-order valence-electron chi connectivity index (χ1n) is 5.68. The zero-order valence-electron chi connectivity index (χ0n) is 9.90. The average Bonchev–Trinajstić information content (AvgIpc) is 2.34. The van der Waals surface area contributed by atoms with Crippen molar-refractivity contribution in [2.24, 2.45) is 0 Å². The van der Waals surface area contributed by atoms with Crippen molar-refractivity contribution < 1.29 is 14.7 Å². The van der Waals surface area contributed by atoms with Gasteiger partial charge in [-0.15, -0.1) is 0 Å². The van der Waals surface area contributed by atoms with E-state index < -0.39 is 5.97 Å². The number of aryl methyl sites for hydroxylation is 1. The fourth-order valence-electron chi connectivity index (χ4n) is 1.47. The van der Waals surface area contributed by atoms with Gasteiger partial charge in [0.2, 0.25) is 0 Å². The van der Waals surface area contributed by atoms with Crippen molar-refractivity contribution in [2.45, 2.75) is 19.8 Å². The highest BCUT2D eigenvalue weighted by molar-refractivity contribution is 5.96. The number of hydrogen-bond acceptors (Lipinski definition) is 3. The third kappa shape index (κ3) is 4.78. The van der Waals surface area contributed by atoms with Crippen LogP contribution in [0.5, 0.6) is 0 Å². The number of carbonyl (C=O) groups excluding carboxylic acids is 1. The van der Waals surface area contributed by atoms with Gasteiger partial charge in [0.05, 0.1) is 6.54 Å². The Labute approximate surface area is 101 Å². The molecule has 1 aromatic carbocycles. The first kappa shape index (κ1) is 13.4. The predicted octanol–water partition coefficient (Wildman–Crippen LogP) is 1.50. The molecule has 0 saturated carbocycles. The summed E-state index contributed by atoms with van der Waals surface area (Å²) in [5, 5.41) is 11.1. The summed E-state index contributed by atoms with van der Waals surface area (Å²) in [6.07, 6.45) is 1.27. The van der Waals surface area contributed by atoms with Crippen LogP contribution in [-0.4, -0.2) is 29.9 Å². The van der Waals surface area contributed by atoms with E-state index in [9.17, 15) is 9.59 Å². The fraction of sp³-hybridized carbons (Fsp3) is 0.385. The average molecular weight is 235 g/mol. The molecule has 0 heterocycles. The van der Waals surface area contributed by atoms with Gasteiger partial charge < -0.3 is 10.4 Å². The Hall–Kier alpha value is -1.68. The lowest BCUT2D eigenvalue weighted by Crippen LogP contribution is -2.25. The summed E-state index contributed by atoms with van der Waals surface area (Å²) < 4.78 is 0. The Morgan fingerprint density at radius 2 is 1.88 bits per heavy atom. The lowest BCUT2D eigenvalue weighted by molar-refractivity contribution is -0.135. The maximum Gasteiger partial charge on any atom is 0.317 e. The molecule has 0 radical (unpaired) electrons. The first-order chi connectivity index (χ1) is 8.13. The van der Waals surface area contributed by atoms with Gasteiger partial charge in [0, 0.05) is 18.5 Å². The van der Waals surface area contributed by atoms with Crippen LogP contribution in [0.4, 0.5) is 0 Å². The molecule has 0 aliphatic heterocycles. The van der Waals surface area contributed by atoms with E-state index in [1.54, 1.807) is 0 Å². The molecule has 1 aromatic rings. The van der Waals surface area contributed by atoms with Gasteiger partial charge in [-0.05, 0) is 12.0 Å². The second-order valence-electron chi connectivity index (χ2n) is 3.79. The quantitative estimate of drug-likeness (QED) is 0.555. The number of carbonyl (C=O) groups is 2. The molecule has 0 bridgehead atoms. The number of ketones is 1. The molecule has 4 nitrogen and oxygen atoms in total. The third-order valence-electron chi connectivity index (χ3n) is 2.49. The van der Waals surface area contributed by atoms with Gasteiger partial charge >= 0.3 is 5.97 Å². The Bertz CT molecular complexity index is 384. The highest BCUT2D eigenvalue weighted by atomic mass is 16.4. The molecule has 0 saturated heterocycles.